The van der Waals surface area contributed by atoms with Gasteiger partial charge < -0.3 is 14.8 Å². The van der Waals surface area contributed by atoms with Gasteiger partial charge in [-0.05, 0) is 69.7 Å². The monoisotopic (exact) mass is 515 g/mol. The topological polar surface area (TPSA) is 98.6 Å². The molecular formula is C29H33N5O4. The third kappa shape index (κ3) is 5.94. The number of aromatic nitrogens is 3. The van der Waals surface area contributed by atoms with E-state index in [2.05, 4.69) is 15.6 Å². The lowest BCUT2D eigenvalue weighted by atomic mass is 9.99. The number of hydrogen-bond donors (Lipinski definition) is 1. The molecule has 3 aromatic carbocycles. The maximum Gasteiger partial charge on any atom is 0.249 e. The van der Waals surface area contributed by atoms with E-state index in [-0.39, 0.29) is 18.4 Å². The molecule has 38 heavy (non-hydrogen) atoms. The Morgan fingerprint density at radius 2 is 1.61 bits per heavy atom. The third-order valence-corrected chi connectivity index (χ3v) is 5.98. The van der Waals surface area contributed by atoms with Crippen LogP contribution >= 0.6 is 0 Å². The SMILES string of the molecule is COc1cc(OC)cc([C@@H](C(=O)NC(C)(C)C)N(C(=O)Cn2nnc3ccccc32)c2ccc(C)cc2)c1. The number of carbonyl (C=O) groups is 2. The van der Waals surface area contributed by atoms with E-state index in [1.165, 1.54) is 4.90 Å². The number of carbonyl (C=O) groups excluding carboxylic acids is 2. The van der Waals surface area contributed by atoms with Crippen molar-refractivity contribution in [2.45, 2.75) is 45.8 Å². The molecule has 4 rings (SSSR count). The zero-order chi connectivity index (χ0) is 27.4. The number of nitrogens with zero attached hydrogens (tertiary/aromatic N) is 4. The summed E-state index contributed by atoms with van der Waals surface area (Å²) in [4.78, 5) is 29.6. The summed E-state index contributed by atoms with van der Waals surface area (Å²) in [7, 11) is 3.09. The fourth-order valence-electron chi connectivity index (χ4n) is 4.22. The van der Waals surface area contributed by atoms with Crippen molar-refractivity contribution in [3.05, 3.63) is 77.9 Å². The lowest BCUT2D eigenvalue weighted by Crippen LogP contribution is -2.50. The number of nitrogens with one attached hydrogen (secondary N) is 1. The fraction of sp³-hybridized carbons (Fsp3) is 0.310. The van der Waals surface area contributed by atoms with E-state index in [1.54, 1.807) is 37.1 Å². The number of fused-ring (bicyclic) bond motifs is 1. The Labute approximate surface area is 222 Å². The molecule has 1 aromatic heterocycles. The number of methoxy groups -OCH3 is 2. The first kappa shape index (κ1) is 26.7. The molecule has 0 aliphatic carbocycles. The summed E-state index contributed by atoms with van der Waals surface area (Å²) in [6, 6.07) is 19.1. The highest BCUT2D eigenvalue weighted by molar-refractivity contribution is 6.01. The quantitative estimate of drug-likeness (QED) is 0.372. The highest BCUT2D eigenvalue weighted by atomic mass is 16.5. The van der Waals surface area contributed by atoms with E-state index in [1.807, 2.05) is 76.2 Å². The Balaban J connectivity index is 1.87. The van der Waals surface area contributed by atoms with Crippen LogP contribution in [0.3, 0.4) is 0 Å². The smallest absolute Gasteiger partial charge is 0.249 e. The Morgan fingerprint density at radius 1 is 0.974 bits per heavy atom. The highest BCUT2D eigenvalue weighted by Crippen LogP contribution is 2.34. The summed E-state index contributed by atoms with van der Waals surface area (Å²) < 4.78 is 12.5. The summed E-state index contributed by atoms with van der Waals surface area (Å²) in [6.45, 7) is 7.54. The highest BCUT2D eigenvalue weighted by Gasteiger charge is 2.35. The Kier molecular flexibility index (Phi) is 7.66. The minimum atomic E-state index is -1.02. The third-order valence-electron chi connectivity index (χ3n) is 5.98. The molecule has 0 spiro atoms. The molecule has 0 saturated carbocycles. The minimum Gasteiger partial charge on any atom is -0.497 e. The van der Waals surface area contributed by atoms with Crippen LogP contribution in [0.15, 0.2) is 66.7 Å². The molecule has 0 unspecified atom stereocenters. The van der Waals surface area contributed by atoms with Crippen molar-refractivity contribution in [2.75, 3.05) is 19.1 Å². The maximum atomic E-state index is 14.1. The summed E-state index contributed by atoms with van der Waals surface area (Å²) in [5.74, 6) is 0.337. The predicted octanol–water partition coefficient (Wildman–Crippen LogP) is 4.45. The molecule has 4 aromatic rings. The number of hydrogen-bond acceptors (Lipinski definition) is 6. The van der Waals surface area contributed by atoms with Gasteiger partial charge in [0.1, 0.15) is 29.6 Å². The average molecular weight is 516 g/mol. The summed E-state index contributed by atoms with van der Waals surface area (Å²) in [5.41, 5.74) is 3.01. The number of amides is 2. The van der Waals surface area contributed by atoms with Gasteiger partial charge in [0.2, 0.25) is 11.8 Å². The van der Waals surface area contributed by atoms with Crippen molar-refractivity contribution >= 4 is 28.5 Å². The molecule has 0 fully saturated rings. The van der Waals surface area contributed by atoms with Crippen molar-refractivity contribution in [1.82, 2.24) is 20.3 Å². The molecule has 198 valence electrons. The minimum absolute atomic E-state index is 0.116. The molecule has 0 saturated heterocycles. The van der Waals surface area contributed by atoms with Crippen LogP contribution in [0.2, 0.25) is 0 Å². The molecule has 9 heteroatoms. The van der Waals surface area contributed by atoms with Gasteiger partial charge in [-0.25, -0.2) is 4.68 Å². The van der Waals surface area contributed by atoms with Crippen LogP contribution in [0.1, 0.15) is 37.9 Å². The number of anilines is 1. The van der Waals surface area contributed by atoms with Gasteiger partial charge in [0.05, 0.1) is 19.7 Å². The van der Waals surface area contributed by atoms with Crippen molar-refractivity contribution < 1.29 is 19.1 Å². The van der Waals surface area contributed by atoms with E-state index in [4.69, 9.17) is 9.47 Å². The second-order valence-electron chi connectivity index (χ2n) is 10.1. The first-order chi connectivity index (χ1) is 18.1. The first-order valence-corrected chi connectivity index (χ1v) is 12.3. The lowest BCUT2D eigenvalue weighted by Gasteiger charge is -2.34. The van der Waals surface area contributed by atoms with Crippen LogP contribution in [-0.2, 0) is 16.1 Å². The second-order valence-corrected chi connectivity index (χ2v) is 10.1. The van der Waals surface area contributed by atoms with Crippen LogP contribution in [-0.4, -0.2) is 46.6 Å². The number of benzene rings is 3. The van der Waals surface area contributed by atoms with E-state index >= 15 is 0 Å². The second kappa shape index (κ2) is 10.9. The van der Waals surface area contributed by atoms with Gasteiger partial charge in [-0.2, -0.15) is 0 Å². The standard InChI is InChI=1S/C29H33N5O4/c1-19-11-13-21(14-12-19)34(26(35)18-33-25-10-8-7-9-24(25)31-32-33)27(28(36)30-29(2,3)4)20-15-22(37-5)17-23(16-20)38-6/h7-17,27H,18H2,1-6H3,(H,30,36)/t27-/m0/s1. The summed E-state index contributed by atoms with van der Waals surface area (Å²) in [5, 5.41) is 11.4. The van der Waals surface area contributed by atoms with Crippen molar-refractivity contribution in [3.8, 4) is 11.5 Å². The Hall–Kier alpha value is -4.40. The van der Waals surface area contributed by atoms with Crippen LogP contribution in [0, 0.1) is 6.92 Å². The summed E-state index contributed by atoms with van der Waals surface area (Å²) in [6.07, 6.45) is 0. The molecule has 1 atom stereocenters. The molecule has 9 nitrogen and oxygen atoms in total. The van der Waals surface area contributed by atoms with Crippen molar-refractivity contribution in [3.63, 3.8) is 0 Å². The molecule has 0 bridgehead atoms. The van der Waals surface area contributed by atoms with E-state index in [0.29, 0.717) is 28.3 Å². The number of rotatable bonds is 8. The van der Waals surface area contributed by atoms with Gasteiger partial charge in [0.25, 0.3) is 0 Å². The first-order valence-electron chi connectivity index (χ1n) is 12.3. The zero-order valence-corrected chi connectivity index (χ0v) is 22.6. The van der Waals surface area contributed by atoms with Crippen molar-refractivity contribution in [1.29, 1.82) is 0 Å². The number of ether oxygens (including phenoxy) is 2. The number of aryl methyl sites for hydroxylation is 1. The summed E-state index contributed by atoms with van der Waals surface area (Å²) >= 11 is 0. The van der Waals surface area contributed by atoms with Crippen LogP contribution in [0.4, 0.5) is 5.69 Å². The van der Waals surface area contributed by atoms with Crippen molar-refractivity contribution in [2.24, 2.45) is 0 Å². The van der Waals surface area contributed by atoms with Gasteiger partial charge in [-0.1, -0.05) is 35.0 Å². The van der Waals surface area contributed by atoms with Crippen LogP contribution < -0.4 is 19.7 Å². The van der Waals surface area contributed by atoms with Crippen LogP contribution in [0.5, 0.6) is 11.5 Å². The van der Waals surface area contributed by atoms with E-state index in [0.717, 1.165) is 11.1 Å². The largest absolute Gasteiger partial charge is 0.497 e. The van der Waals surface area contributed by atoms with Gasteiger partial charge in [0, 0.05) is 17.3 Å². The van der Waals surface area contributed by atoms with Gasteiger partial charge in [-0.15, -0.1) is 5.10 Å². The molecule has 0 aliphatic rings. The molecule has 1 N–H and O–H groups in total. The van der Waals surface area contributed by atoms with Crippen LogP contribution in [0.25, 0.3) is 11.0 Å². The molecule has 0 aliphatic heterocycles. The molecule has 1 heterocycles. The van der Waals surface area contributed by atoms with Gasteiger partial charge in [0.15, 0.2) is 0 Å². The average Bonchev–Trinajstić information content (AvgIpc) is 3.29. The lowest BCUT2D eigenvalue weighted by molar-refractivity contribution is -0.128. The Bertz CT molecular complexity index is 1420. The zero-order valence-electron chi connectivity index (χ0n) is 22.6. The molecular weight excluding hydrogens is 482 g/mol. The van der Waals surface area contributed by atoms with E-state index in [9.17, 15) is 9.59 Å². The molecule has 0 radical (unpaired) electrons. The number of para-hydroxylation sites is 1. The molecule has 2 amide bonds. The maximum absolute atomic E-state index is 14.1. The van der Waals surface area contributed by atoms with Gasteiger partial charge >= 0.3 is 0 Å². The normalized spacial score (nSPS) is 12.2. The Morgan fingerprint density at radius 3 is 2.21 bits per heavy atom. The predicted molar refractivity (Wildman–Crippen MR) is 146 cm³/mol. The van der Waals surface area contributed by atoms with Gasteiger partial charge in [-0.3, -0.25) is 14.5 Å². The van der Waals surface area contributed by atoms with E-state index < -0.39 is 11.6 Å². The fourth-order valence-corrected chi connectivity index (χ4v) is 4.22.